The molecule has 0 bridgehead atoms. The van der Waals surface area contributed by atoms with Crippen molar-refractivity contribution in [3.05, 3.63) is 0 Å². The fourth-order valence-electron chi connectivity index (χ4n) is 1.17. The van der Waals surface area contributed by atoms with Crippen LogP contribution in [0.2, 0.25) is 0 Å². The minimum atomic E-state index is 0.493. The van der Waals surface area contributed by atoms with Crippen LogP contribution in [-0.2, 0) is 0 Å². The molecule has 0 spiro atoms. The van der Waals surface area contributed by atoms with Crippen molar-refractivity contribution in [1.29, 1.82) is 5.41 Å². The minimum Gasteiger partial charge on any atom is -0.361 e. The van der Waals surface area contributed by atoms with Gasteiger partial charge < -0.3 is 4.90 Å². The number of amidine groups is 1. The molecule has 0 fully saturated rings. The number of nitrogens with zero attached hydrogens (tertiary/aromatic N) is 1. The molecule has 0 rings (SSSR count). The fourth-order valence-corrected chi connectivity index (χ4v) is 1.17. The average molecular weight is 156 g/mol. The smallest absolute Gasteiger partial charge is 0.0925 e. The van der Waals surface area contributed by atoms with Gasteiger partial charge in [0.05, 0.1) is 5.84 Å². The van der Waals surface area contributed by atoms with Crippen LogP contribution in [-0.4, -0.2) is 23.8 Å². The van der Waals surface area contributed by atoms with E-state index in [1.165, 1.54) is 0 Å². The Morgan fingerprint density at radius 2 is 1.82 bits per heavy atom. The summed E-state index contributed by atoms with van der Waals surface area (Å²) in [7, 11) is 1.98. The molecule has 2 nitrogen and oxygen atoms in total. The summed E-state index contributed by atoms with van der Waals surface area (Å²) in [6, 6.07) is 0.493. The Morgan fingerprint density at radius 3 is 2.09 bits per heavy atom. The van der Waals surface area contributed by atoms with Crippen LogP contribution in [0.15, 0.2) is 0 Å². The molecule has 0 amide bonds. The summed E-state index contributed by atoms with van der Waals surface area (Å²) < 4.78 is 0. The number of hydrogen-bond acceptors (Lipinski definition) is 1. The van der Waals surface area contributed by atoms with Crippen molar-refractivity contribution < 1.29 is 0 Å². The molecule has 2 heteroatoms. The predicted molar refractivity (Wildman–Crippen MR) is 50.1 cm³/mol. The van der Waals surface area contributed by atoms with Gasteiger partial charge in [-0.1, -0.05) is 13.8 Å². The summed E-state index contributed by atoms with van der Waals surface area (Å²) >= 11 is 0. The normalized spacial score (nSPS) is 13.3. The van der Waals surface area contributed by atoms with Crippen molar-refractivity contribution in [3.63, 3.8) is 0 Å². The molecule has 0 aliphatic heterocycles. The Bertz CT molecular complexity index is 130. The van der Waals surface area contributed by atoms with E-state index in [0.717, 1.165) is 6.42 Å². The molecular formula is C9H20N2. The van der Waals surface area contributed by atoms with Gasteiger partial charge in [-0.2, -0.15) is 0 Å². The monoisotopic (exact) mass is 156 g/mol. The van der Waals surface area contributed by atoms with Gasteiger partial charge in [0.15, 0.2) is 0 Å². The quantitative estimate of drug-likeness (QED) is 0.493. The Kier molecular flexibility index (Phi) is 4.16. The molecule has 0 aromatic carbocycles. The van der Waals surface area contributed by atoms with Crippen LogP contribution in [0.25, 0.3) is 0 Å². The third-order valence-electron chi connectivity index (χ3n) is 2.00. The second kappa shape index (κ2) is 4.37. The lowest BCUT2D eigenvalue weighted by molar-refractivity contribution is 0.330. The lowest BCUT2D eigenvalue weighted by Crippen LogP contribution is -2.33. The summed E-state index contributed by atoms with van der Waals surface area (Å²) in [4.78, 5) is 2.01. The van der Waals surface area contributed by atoms with E-state index in [0.29, 0.717) is 17.8 Å². The number of hydrogen-bond donors (Lipinski definition) is 1. The third kappa shape index (κ3) is 4.02. The fraction of sp³-hybridized carbons (Fsp3) is 0.889. The first-order valence-electron chi connectivity index (χ1n) is 4.23. The van der Waals surface area contributed by atoms with Gasteiger partial charge in [0.25, 0.3) is 0 Å². The molecule has 0 aromatic heterocycles. The van der Waals surface area contributed by atoms with Crippen LogP contribution >= 0.6 is 0 Å². The lowest BCUT2D eigenvalue weighted by Gasteiger charge is -2.26. The maximum absolute atomic E-state index is 7.40. The van der Waals surface area contributed by atoms with Crippen LogP contribution in [0.4, 0.5) is 0 Å². The van der Waals surface area contributed by atoms with E-state index < -0.39 is 0 Å². The van der Waals surface area contributed by atoms with Crippen molar-refractivity contribution in [2.24, 2.45) is 5.92 Å². The highest BCUT2D eigenvalue weighted by Crippen LogP contribution is 2.09. The van der Waals surface area contributed by atoms with Crippen LogP contribution in [0.5, 0.6) is 0 Å². The predicted octanol–water partition coefficient (Wildman–Crippen LogP) is 2.35. The number of rotatable bonds is 3. The second-order valence-electron chi connectivity index (χ2n) is 3.67. The zero-order valence-corrected chi connectivity index (χ0v) is 8.31. The maximum Gasteiger partial charge on any atom is 0.0925 e. The molecule has 0 radical (unpaired) electrons. The Labute approximate surface area is 70.1 Å². The Balaban J connectivity index is 3.82. The first-order chi connectivity index (χ1) is 4.95. The van der Waals surface area contributed by atoms with E-state index in [1.54, 1.807) is 0 Å². The molecule has 0 aliphatic carbocycles. The van der Waals surface area contributed by atoms with Crippen molar-refractivity contribution in [3.8, 4) is 0 Å². The van der Waals surface area contributed by atoms with Crippen LogP contribution < -0.4 is 0 Å². The first-order valence-corrected chi connectivity index (χ1v) is 4.23. The van der Waals surface area contributed by atoms with E-state index in [1.807, 2.05) is 18.9 Å². The summed E-state index contributed by atoms with van der Waals surface area (Å²) in [6.45, 7) is 8.42. The second-order valence-corrected chi connectivity index (χ2v) is 3.67. The molecule has 66 valence electrons. The Hall–Kier alpha value is -0.530. The average Bonchev–Trinajstić information content (AvgIpc) is 1.84. The van der Waals surface area contributed by atoms with Gasteiger partial charge in [-0.15, -0.1) is 0 Å². The minimum absolute atomic E-state index is 0.493. The highest BCUT2D eigenvalue weighted by Gasteiger charge is 2.10. The lowest BCUT2D eigenvalue weighted by atomic mass is 10.0. The molecule has 0 saturated carbocycles. The molecule has 1 atom stereocenters. The molecule has 0 aliphatic rings. The van der Waals surface area contributed by atoms with Crippen molar-refractivity contribution in [1.82, 2.24) is 4.90 Å². The Morgan fingerprint density at radius 1 is 1.36 bits per heavy atom. The van der Waals surface area contributed by atoms with E-state index in [4.69, 9.17) is 5.41 Å². The van der Waals surface area contributed by atoms with Gasteiger partial charge in [-0.05, 0) is 26.2 Å². The van der Waals surface area contributed by atoms with E-state index in [2.05, 4.69) is 20.8 Å². The summed E-state index contributed by atoms with van der Waals surface area (Å²) in [5.41, 5.74) is 0. The topological polar surface area (TPSA) is 27.1 Å². The molecule has 0 heterocycles. The first kappa shape index (κ1) is 10.5. The van der Waals surface area contributed by atoms with Crippen LogP contribution in [0, 0.1) is 11.3 Å². The van der Waals surface area contributed by atoms with E-state index in [-0.39, 0.29) is 0 Å². The third-order valence-corrected chi connectivity index (χ3v) is 2.00. The molecule has 1 unspecified atom stereocenters. The van der Waals surface area contributed by atoms with Crippen LogP contribution in [0.1, 0.15) is 34.1 Å². The number of nitrogens with one attached hydrogen (secondary N) is 1. The van der Waals surface area contributed by atoms with Gasteiger partial charge in [0.1, 0.15) is 0 Å². The standard InChI is InChI=1S/C9H20N2/c1-7(2)6-8(3)11(5)9(4)10/h7-8,10H,6H2,1-5H3. The SMILES string of the molecule is CC(=N)N(C)C(C)CC(C)C. The van der Waals surface area contributed by atoms with E-state index in [9.17, 15) is 0 Å². The summed E-state index contributed by atoms with van der Waals surface area (Å²) in [6.07, 6.45) is 1.16. The van der Waals surface area contributed by atoms with Crippen molar-refractivity contribution >= 4 is 5.84 Å². The maximum atomic E-state index is 7.40. The largest absolute Gasteiger partial charge is 0.361 e. The molecule has 0 saturated heterocycles. The molecule has 1 N–H and O–H groups in total. The van der Waals surface area contributed by atoms with Gasteiger partial charge in [0, 0.05) is 13.1 Å². The van der Waals surface area contributed by atoms with E-state index >= 15 is 0 Å². The molecule has 11 heavy (non-hydrogen) atoms. The summed E-state index contributed by atoms with van der Waals surface area (Å²) in [5, 5.41) is 7.40. The van der Waals surface area contributed by atoms with Crippen LogP contribution in [0.3, 0.4) is 0 Å². The van der Waals surface area contributed by atoms with Gasteiger partial charge >= 0.3 is 0 Å². The molecule has 0 aromatic rings. The highest BCUT2D eigenvalue weighted by molar-refractivity contribution is 5.76. The zero-order chi connectivity index (χ0) is 9.02. The van der Waals surface area contributed by atoms with Gasteiger partial charge in [-0.25, -0.2) is 0 Å². The van der Waals surface area contributed by atoms with Gasteiger partial charge in [-0.3, -0.25) is 5.41 Å². The van der Waals surface area contributed by atoms with Crippen molar-refractivity contribution in [2.45, 2.75) is 40.2 Å². The molecular weight excluding hydrogens is 136 g/mol. The van der Waals surface area contributed by atoms with Crippen molar-refractivity contribution in [2.75, 3.05) is 7.05 Å². The summed E-state index contributed by atoms with van der Waals surface area (Å²) in [5.74, 6) is 1.37. The zero-order valence-electron chi connectivity index (χ0n) is 8.31. The van der Waals surface area contributed by atoms with Gasteiger partial charge in [0.2, 0.25) is 0 Å². The highest BCUT2D eigenvalue weighted by atomic mass is 15.2.